The fourth-order valence-corrected chi connectivity index (χ4v) is 2.07. The first-order valence-electron chi connectivity index (χ1n) is 5.62. The van der Waals surface area contributed by atoms with E-state index >= 15 is 0 Å². The predicted octanol–water partition coefficient (Wildman–Crippen LogP) is -1.12. The molecule has 2 heterocycles. The topological polar surface area (TPSA) is 58.8 Å². The van der Waals surface area contributed by atoms with E-state index in [1.165, 1.54) is 0 Å². The molecule has 0 radical (unpaired) electrons. The highest BCUT2D eigenvalue weighted by Gasteiger charge is 2.28. The molecule has 1 atom stereocenters. The van der Waals surface area contributed by atoms with E-state index < -0.39 is 0 Å². The maximum atomic E-state index is 11.5. The van der Waals surface area contributed by atoms with Gasteiger partial charge < -0.3 is 15.4 Å². The molecular weight excluding hydrogens is 194 g/mol. The number of ether oxygens (including phenoxy) is 1. The summed E-state index contributed by atoms with van der Waals surface area (Å²) in [6.07, 6.45) is 0.807. The fraction of sp³-hybridized carbons (Fsp3) is 0.900. The highest BCUT2D eigenvalue weighted by atomic mass is 16.5. The molecule has 0 spiro atoms. The zero-order valence-corrected chi connectivity index (χ0v) is 9.02. The van der Waals surface area contributed by atoms with Gasteiger partial charge in [-0.05, 0) is 6.42 Å². The van der Waals surface area contributed by atoms with Gasteiger partial charge in [0.15, 0.2) is 0 Å². The first kappa shape index (κ1) is 10.9. The van der Waals surface area contributed by atoms with Crippen LogP contribution < -0.4 is 5.73 Å². The van der Waals surface area contributed by atoms with Crippen molar-refractivity contribution in [3.05, 3.63) is 0 Å². The van der Waals surface area contributed by atoms with Crippen LogP contribution in [0.5, 0.6) is 0 Å². The fourth-order valence-electron chi connectivity index (χ4n) is 2.07. The lowest BCUT2D eigenvalue weighted by atomic mass is 10.3. The molecule has 0 aliphatic carbocycles. The van der Waals surface area contributed by atoms with Gasteiger partial charge in [0.25, 0.3) is 0 Å². The van der Waals surface area contributed by atoms with Crippen LogP contribution in [0.3, 0.4) is 0 Å². The van der Waals surface area contributed by atoms with E-state index in [4.69, 9.17) is 10.5 Å². The van der Waals surface area contributed by atoms with Gasteiger partial charge in [-0.15, -0.1) is 0 Å². The molecule has 0 bridgehead atoms. The molecule has 1 amide bonds. The van der Waals surface area contributed by atoms with Crippen LogP contribution in [-0.4, -0.2) is 67.7 Å². The molecule has 5 nitrogen and oxygen atoms in total. The summed E-state index contributed by atoms with van der Waals surface area (Å²) in [6.45, 7) is 6.17. The van der Waals surface area contributed by atoms with E-state index in [-0.39, 0.29) is 11.9 Å². The third kappa shape index (κ3) is 2.68. The molecule has 86 valence electrons. The van der Waals surface area contributed by atoms with Crippen LogP contribution in [0.15, 0.2) is 0 Å². The van der Waals surface area contributed by atoms with Crippen LogP contribution >= 0.6 is 0 Å². The van der Waals surface area contributed by atoms with E-state index in [1.54, 1.807) is 0 Å². The number of carbonyl (C=O) groups is 1. The molecular formula is C10H19N3O2. The number of rotatable bonds is 3. The first-order valence-corrected chi connectivity index (χ1v) is 5.62. The Balaban J connectivity index is 1.71. The summed E-state index contributed by atoms with van der Waals surface area (Å²) >= 11 is 0. The molecule has 5 heteroatoms. The zero-order valence-electron chi connectivity index (χ0n) is 9.02. The minimum Gasteiger partial charge on any atom is -0.379 e. The lowest BCUT2D eigenvalue weighted by molar-refractivity contribution is -0.129. The van der Waals surface area contributed by atoms with Crippen LogP contribution in [0.1, 0.15) is 6.42 Å². The quantitative estimate of drug-likeness (QED) is 0.645. The van der Waals surface area contributed by atoms with Crippen LogP contribution in [0.2, 0.25) is 0 Å². The molecule has 0 aromatic rings. The molecule has 0 aromatic heterocycles. The van der Waals surface area contributed by atoms with E-state index in [0.717, 1.165) is 52.4 Å². The van der Waals surface area contributed by atoms with Crippen molar-refractivity contribution in [1.82, 2.24) is 9.80 Å². The van der Waals surface area contributed by atoms with E-state index in [2.05, 4.69) is 4.90 Å². The Hall–Kier alpha value is -0.650. The Labute approximate surface area is 90.1 Å². The Morgan fingerprint density at radius 2 is 2.00 bits per heavy atom. The van der Waals surface area contributed by atoms with Gasteiger partial charge >= 0.3 is 0 Å². The number of nitrogens with zero attached hydrogens (tertiary/aromatic N) is 2. The smallest absolute Gasteiger partial charge is 0.239 e. The van der Waals surface area contributed by atoms with Gasteiger partial charge in [-0.3, -0.25) is 9.69 Å². The second kappa shape index (κ2) is 4.92. The standard InChI is InChI=1S/C10H19N3O2/c11-9-1-2-13(10(9)14)4-3-12-5-7-15-8-6-12/h9H,1-8,11H2/t9-/m1/s1. The highest BCUT2D eigenvalue weighted by molar-refractivity contribution is 5.83. The Kier molecular flexibility index (Phi) is 3.56. The monoisotopic (exact) mass is 213 g/mol. The number of carbonyl (C=O) groups excluding carboxylic acids is 1. The van der Waals surface area contributed by atoms with Crippen molar-refractivity contribution in [2.24, 2.45) is 5.73 Å². The predicted molar refractivity (Wildman–Crippen MR) is 56.4 cm³/mol. The van der Waals surface area contributed by atoms with Crippen molar-refractivity contribution in [3.63, 3.8) is 0 Å². The number of likely N-dealkylation sites (tertiary alicyclic amines) is 1. The molecule has 0 aromatic carbocycles. The van der Waals surface area contributed by atoms with Gasteiger partial charge in [-0.25, -0.2) is 0 Å². The third-order valence-electron chi connectivity index (χ3n) is 3.13. The normalized spacial score (nSPS) is 28.7. The Bertz CT molecular complexity index is 229. The van der Waals surface area contributed by atoms with Crippen molar-refractivity contribution in [2.45, 2.75) is 12.5 Å². The van der Waals surface area contributed by atoms with E-state index in [1.807, 2.05) is 4.90 Å². The van der Waals surface area contributed by atoms with Gasteiger partial charge in [0.2, 0.25) is 5.91 Å². The first-order chi connectivity index (χ1) is 7.27. The van der Waals surface area contributed by atoms with Gasteiger partial charge in [0.05, 0.1) is 19.3 Å². The average Bonchev–Trinajstić information content (AvgIpc) is 2.59. The van der Waals surface area contributed by atoms with Crippen molar-refractivity contribution in [2.75, 3.05) is 45.9 Å². The maximum absolute atomic E-state index is 11.5. The summed E-state index contributed by atoms with van der Waals surface area (Å²) in [7, 11) is 0. The van der Waals surface area contributed by atoms with Crippen LogP contribution in [0, 0.1) is 0 Å². The van der Waals surface area contributed by atoms with E-state index in [0.29, 0.717) is 0 Å². The van der Waals surface area contributed by atoms with Crippen LogP contribution in [0.4, 0.5) is 0 Å². The highest BCUT2D eigenvalue weighted by Crippen LogP contribution is 2.08. The molecule has 2 fully saturated rings. The number of hydrogen-bond donors (Lipinski definition) is 1. The Morgan fingerprint density at radius 3 is 2.60 bits per heavy atom. The van der Waals surface area contributed by atoms with Crippen molar-refractivity contribution in [1.29, 1.82) is 0 Å². The molecule has 0 unspecified atom stereocenters. The number of nitrogens with two attached hydrogens (primary N) is 1. The molecule has 0 saturated carbocycles. The molecule has 2 saturated heterocycles. The third-order valence-corrected chi connectivity index (χ3v) is 3.13. The van der Waals surface area contributed by atoms with Gasteiger partial charge in [-0.2, -0.15) is 0 Å². The Morgan fingerprint density at radius 1 is 1.27 bits per heavy atom. The summed E-state index contributed by atoms with van der Waals surface area (Å²) in [5.41, 5.74) is 5.65. The molecule has 2 N–H and O–H groups in total. The molecule has 15 heavy (non-hydrogen) atoms. The van der Waals surface area contributed by atoms with Gasteiger partial charge in [-0.1, -0.05) is 0 Å². The second-order valence-electron chi connectivity index (χ2n) is 4.17. The second-order valence-corrected chi connectivity index (χ2v) is 4.17. The lowest BCUT2D eigenvalue weighted by Crippen LogP contribution is -2.43. The molecule has 2 rings (SSSR count). The van der Waals surface area contributed by atoms with Crippen molar-refractivity contribution in [3.8, 4) is 0 Å². The van der Waals surface area contributed by atoms with Crippen LogP contribution in [0.25, 0.3) is 0 Å². The van der Waals surface area contributed by atoms with Crippen LogP contribution in [-0.2, 0) is 9.53 Å². The van der Waals surface area contributed by atoms with Gasteiger partial charge in [0, 0.05) is 32.7 Å². The number of hydrogen-bond acceptors (Lipinski definition) is 4. The van der Waals surface area contributed by atoms with E-state index in [9.17, 15) is 4.79 Å². The summed E-state index contributed by atoms with van der Waals surface area (Å²) in [4.78, 5) is 15.7. The summed E-state index contributed by atoms with van der Waals surface area (Å²) < 4.78 is 5.27. The lowest BCUT2D eigenvalue weighted by Gasteiger charge is -2.28. The zero-order chi connectivity index (χ0) is 10.7. The summed E-state index contributed by atoms with van der Waals surface area (Å²) in [5.74, 6) is 0.114. The maximum Gasteiger partial charge on any atom is 0.239 e. The minimum atomic E-state index is -0.255. The minimum absolute atomic E-state index is 0.114. The number of amides is 1. The molecule has 2 aliphatic heterocycles. The molecule has 2 aliphatic rings. The van der Waals surface area contributed by atoms with Crippen molar-refractivity contribution >= 4 is 5.91 Å². The van der Waals surface area contributed by atoms with Crippen molar-refractivity contribution < 1.29 is 9.53 Å². The van der Waals surface area contributed by atoms with Gasteiger partial charge in [0.1, 0.15) is 0 Å². The largest absolute Gasteiger partial charge is 0.379 e. The summed E-state index contributed by atoms with van der Waals surface area (Å²) in [6, 6.07) is -0.255. The SMILES string of the molecule is N[C@@H]1CCN(CCN2CCOCC2)C1=O. The average molecular weight is 213 g/mol. The number of morpholine rings is 1. The summed E-state index contributed by atoms with van der Waals surface area (Å²) in [5, 5.41) is 0.